The number of amides is 1. The fraction of sp³-hybridized carbons (Fsp3) is 0.481. The molecule has 7 nitrogen and oxygen atoms in total. The summed E-state index contributed by atoms with van der Waals surface area (Å²) in [6.45, 7) is 7.22. The van der Waals surface area contributed by atoms with Crippen LogP contribution in [0.4, 0.5) is 4.79 Å². The Balaban J connectivity index is 2.23. The van der Waals surface area contributed by atoms with Crippen LogP contribution in [-0.4, -0.2) is 50.7 Å². The molecular formula is C27H37NO6S. The van der Waals surface area contributed by atoms with E-state index in [2.05, 4.69) is 5.32 Å². The van der Waals surface area contributed by atoms with Gasteiger partial charge in [-0.2, -0.15) is 0 Å². The van der Waals surface area contributed by atoms with E-state index in [-0.39, 0.29) is 25.2 Å². The van der Waals surface area contributed by atoms with Crippen molar-refractivity contribution in [2.75, 3.05) is 18.6 Å². The molecule has 0 saturated heterocycles. The van der Waals surface area contributed by atoms with Crippen molar-refractivity contribution >= 4 is 21.9 Å². The largest absolute Gasteiger partial charge is 0.466 e. The van der Waals surface area contributed by atoms with Crippen molar-refractivity contribution in [3.05, 3.63) is 60.2 Å². The van der Waals surface area contributed by atoms with Gasteiger partial charge in [0.25, 0.3) is 0 Å². The van der Waals surface area contributed by atoms with Crippen molar-refractivity contribution in [3.8, 4) is 11.1 Å². The minimum atomic E-state index is -3.26. The molecule has 2 rings (SSSR count). The standard InChI is InChI=1S/C27H37NO6S/c1-6-33-25(29)23(16-17-35(5,31)32)19-24(28-26(30)34-27(2,3)4)18-20-12-14-22(15-13-20)21-10-8-7-9-11-21/h7-15,23-24H,6,16-19H2,1-5H3,(H,28,30)/t23-,24-/m1/s1. The summed E-state index contributed by atoms with van der Waals surface area (Å²) in [5.41, 5.74) is 2.47. The quantitative estimate of drug-likeness (QED) is 0.443. The van der Waals surface area contributed by atoms with Crippen molar-refractivity contribution in [3.63, 3.8) is 0 Å². The molecule has 0 aromatic heterocycles. The number of carbonyl (C=O) groups excluding carboxylic acids is 2. The van der Waals surface area contributed by atoms with Gasteiger partial charge in [-0.3, -0.25) is 4.79 Å². The molecule has 192 valence electrons. The number of benzene rings is 2. The number of alkyl carbamates (subject to hydrolysis) is 1. The topological polar surface area (TPSA) is 98.8 Å². The van der Waals surface area contributed by atoms with E-state index in [1.54, 1.807) is 27.7 Å². The Kier molecular flexibility index (Phi) is 10.3. The molecule has 0 aliphatic carbocycles. The van der Waals surface area contributed by atoms with E-state index in [0.29, 0.717) is 6.42 Å². The van der Waals surface area contributed by atoms with Crippen LogP contribution < -0.4 is 5.32 Å². The molecule has 2 atom stereocenters. The molecule has 0 aliphatic heterocycles. The monoisotopic (exact) mass is 503 g/mol. The Morgan fingerprint density at radius 1 is 0.971 bits per heavy atom. The van der Waals surface area contributed by atoms with E-state index in [4.69, 9.17) is 9.47 Å². The van der Waals surface area contributed by atoms with Crippen molar-refractivity contribution in [2.24, 2.45) is 5.92 Å². The summed E-state index contributed by atoms with van der Waals surface area (Å²) in [4.78, 5) is 25.2. The lowest BCUT2D eigenvalue weighted by molar-refractivity contribution is -0.148. The van der Waals surface area contributed by atoms with E-state index in [1.807, 2.05) is 54.6 Å². The summed E-state index contributed by atoms with van der Waals surface area (Å²) in [5, 5.41) is 2.87. The van der Waals surface area contributed by atoms with Crippen LogP contribution in [0.15, 0.2) is 54.6 Å². The van der Waals surface area contributed by atoms with Gasteiger partial charge in [0.1, 0.15) is 15.4 Å². The third kappa shape index (κ3) is 10.9. The number of carbonyl (C=O) groups is 2. The molecule has 0 fully saturated rings. The average Bonchev–Trinajstić information content (AvgIpc) is 2.75. The van der Waals surface area contributed by atoms with Crippen LogP contribution in [0.25, 0.3) is 11.1 Å². The smallest absolute Gasteiger partial charge is 0.407 e. The van der Waals surface area contributed by atoms with E-state index in [0.717, 1.165) is 22.9 Å². The summed E-state index contributed by atoms with van der Waals surface area (Å²) < 4.78 is 34.1. The van der Waals surface area contributed by atoms with Crippen LogP contribution in [-0.2, 0) is 30.5 Å². The predicted molar refractivity (Wildman–Crippen MR) is 138 cm³/mol. The van der Waals surface area contributed by atoms with Crippen molar-refractivity contribution in [2.45, 2.75) is 58.6 Å². The van der Waals surface area contributed by atoms with Crippen LogP contribution in [0, 0.1) is 5.92 Å². The molecule has 0 aliphatic rings. The van der Waals surface area contributed by atoms with Gasteiger partial charge in [0, 0.05) is 12.3 Å². The number of ether oxygens (including phenoxy) is 2. The Bertz CT molecular complexity index is 1060. The average molecular weight is 504 g/mol. The number of hydrogen-bond acceptors (Lipinski definition) is 6. The normalized spacial score (nSPS) is 13.5. The highest BCUT2D eigenvalue weighted by Gasteiger charge is 2.28. The van der Waals surface area contributed by atoms with E-state index < -0.39 is 39.5 Å². The fourth-order valence-electron chi connectivity index (χ4n) is 3.71. The first kappa shape index (κ1) is 28.4. The van der Waals surface area contributed by atoms with Crippen LogP contribution in [0.2, 0.25) is 0 Å². The number of rotatable bonds is 11. The number of esters is 1. The minimum Gasteiger partial charge on any atom is -0.466 e. The Morgan fingerprint density at radius 2 is 1.57 bits per heavy atom. The van der Waals surface area contributed by atoms with Crippen molar-refractivity contribution < 1.29 is 27.5 Å². The van der Waals surface area contributed by atoms with Gasteiger partial charge in [-0.25, -0.2) is 13.2 Å². The Morgan fingerprint density at radius 3 is 2.11 bits per heavy atom. The summed E-state index contributed by atoms with van der Waals surface area (Å²) in [5.74, 6) is -1.28. The third-order valence-corrected chi connectivity index (χ3v) is 6.27. The minimum absolute atomic E-state index is 0.122. The summed E-state index contributed by atoms with van der Waals surface area (Å²) in [7, 11) is -3.26. The number of hydrogen-bond donors (Lipinski definition) is 1. The zero-order chi connectivity index (χ0) is 26.1. The first-order chi connectivity index (χ1) is 16.4. The van der Waals surface area contributed by atoms with Gasteiger partial charge in [0.2, 0.25) is 0 Å². The lowest BCUT2D eigenvalue weighted by atomic mass is 9.92. The lowest BCUT2D eigenvalue weighted by Gasteiger charge is -2.26. The van der Waals surface area contributed by atoms with Gasteiger partial charge in [-0.1, -0.05) is 54.6 Å². The molecule has 8 heteroatoms. The van der Waals surface area contributed by atoms with E-state index >= 15 is 0 Å². The van der Waals surface area contributed by atoms with Crippen LogP contribution in [0.3, 0.4) is 0 Å². The van der Waals surface area contributed by atoms with E-state index in [1.165, 1.54) is 0 Å². The maximum Gasteiger partial charge on any atom is 0.407 e. The SMILES string of the molecule is CCOC(=O)[C@H](CCS(C)(=O)=O)C[C@@H](Cc1ccc(-c2ccccc2)cc1)NC(=O)OC(C)(C)C. The molecule has 1 amide bonds. The van der Waals surface area contributed by atoms with Crippen LogP contribution in [0.1, 0.15) is 46.1 Å². The second-order valence-electron chi connectivity index (χ2n) is 9.71. The van der Waals surface area contributed by atoms with Gasteiger partial charge >= 0.3 is 12.1 Å². The van der Waals surface area contributed by atoms with Gasteiger partial charge < -0.3 is 14.8 Å². The van der Waals surface area contributed by atoms with Crippen molar-refractivity contribution in [1.82, 2.24) is 5.32 Å². The summed E-state index contributed by atoms with van der Waals surface area (Å²) in [6, 6.07) is 17.6. The highest BCUT2D eigenvalue weighted by molar-refractivity contribution is 7.90. The molecule has 35 heavy (non-hydrogen) atoms. The molecule has 0 radical (unpaired) electrons. The summed E-state index contributed by atoms with van der Waals surface area (Å²) >= 11 is 0. The van der Waals surface area contributed by atoms with Crippen LogP contribution in [0.5, 0.6) is 0 Å². The highest BCUT2D eigenvalue weighted by Crippen LogP contribution is 2.22. The molecule has 2 aromatic rings. The maximum absolute atomic E-state index is 12.6. The molecule has 0 bridgehead atoms. The Labute approximate surface area is 209 Å². The fourth-order valence-corrected chi connectivity index (χ4v) is 4.42. The van der Waals surface area contributed by atoms with Gasteiger partial charge in [-0.15, -0.1) is 0 Å². The molecule has 1 N–H and O–H groups in total. The zero-order valence-corrected chi connectivity index (χ0v) is 22.1. The molecule has 2 aromatic carbocycles. The maximum atomic E-state index is 12.6. The molecule has 0 unspecified atom stereocenters. The highest BCUT2D eigenvalue weighted by atomic mass is 32.2. The van der Waals surface area contributed by atoms with Gasteiger partial charge in [-0.05, 0) is 63.6 Å². The number of nitrogens with one attached hydrogen (secondary N) is 1. The summed E-state index contributed by atoms with van der Waals surface area (Å²) in [6.07, 6.45) is 1.35. The molecular weight excluding hydrogens is 466 g/mol. The Hall–Kier alpha value is -2.87. The molecule has 0 saturated carbocycles. The van der Waals surface area contributed by atoms with E-state index in [9.17, 15) is 18.0 Å². The van der Waals surface area contributed by atoms with Gasteiger partial charge in [0.15, 0.2) is 0 Å². The zero-order valence-electron chi connectivity index (χ0n) is 21.2. The number of sulfone groups is 1. The predicted octanol–water partition coefficient (Wildman–Crippen LogP) is 4.79. The second-order valence-corrected chi connectivity index (χ2v) is 12.0. The molecule has 0 heterocycles. The first-order valence-electron chi connectivity index (χ1n) is 11.8. The van der Waals surface area contributed by atoms with Crippen LogP contribution >= 0.6 is 0 Å². The lowest BCUT2D eigenvalue weighted by Crippen LogP contribution is -2.42. The van der Waals surface area contributed by atoms with Crippen molar-refractivity contribution in [1.29, 1.82) is 0 Å². The third-order valence-electron chi connectivity index (χ3n) is 5.29. The van der Waals surface area contributed by atoms with Gasteiger partial charge in [0.05, 0.1) is 18.3 Å². The first-order valence-corrected chi connectivity index (χ1v) is 13.9. The second kappa shape index (κ2) is 12.7. The molecule has 0 spiro atoms.